The Morgan fingerprint density at radius 3 is 2.68 bits per heavy atom. The van der Waals surface area contributed by atoms with Crippen LogP contribution in [0.3, 0.4) is 0 Å². The molecule has 11 nitrogen and oxygen atoms in total. The Balaban J connectivity index is 1.72. The van der Waals surface area contributed by atoms with Crippen molar-refractivity contribution in [2.24, 2.45) is 10.7 Å². The number of amidine groups is 1. The van der Waals surface area contributed by atoms with Crippen LogP contribution in [0.5, 0.6) is 28.9 Å². The molecule has 0 spiro atoms. The third kappa shape index (κ3) is 5.66. The van der Waals surface area contributed by atoms with E-state index in [1.54, 1.807) is 18.2 Å². The van der Waals surface area contributed by atoms with E-state index in [9.17, 15) is 18.8 Å². The zero-order valence-corrected chi connectivity index (χ0v) is 20.5. The monoisotopic (exact) mass is 545 g/mol. The van der Waals surface area contributed by atoms with Gasteiger partial charge in [0.05, 0.1) is 6.20 Å². The fourth-order valence-electron chi connectivity index (χ4n) is 3.54. The molecular formula is C24H21F2N5O6S. The molecule has 0 bridgehead atoms. The van der Waals surface area contributed by atoms with Crippen molar-refractivity contribution in [2.45, 2.75) is 11.1 Å². The molecule has 5 N–H and O–H groups in total. The van der Waals surface area contributed by atoms with Crippen LogP contribution < -0.4 is 15.2 Å². The summed E-state index contributed by atoms with van der Waals surface area (Å²) in [5.41, 5.74) is 5.92. The number of aliphatic imine (C=N–C) groups is 1. The third-order valence-electron chi connectivity index (χ3n) is 5.40. The van der Waals surface area contributed by atoms with Crippen LogP contribution in [-0.2, 0) is 16.0 Å². The number of rotatable bonds is 9. The lowest BCUT2D eigenvalue weighted by Gasteiger charge is -2.22. The molecule has 1 aliphatic rings. The Kier molecular flexibility index (Phi) is 7.75. The molecule has 2 atom stereocenters. The Morgan fingerprint density at radius 1 is 1.26 bits per heavy atom. The van der Waals surface area contributed by atoms with Crippen molar-refractivity contribution < 1.29 is 37.8 Å². The molecule has 0 aliphatic carbocycles. The summed E-state index contributed by atoms with van der Waals surface area (Å²) in [7, 11) is 1.74. The smallest absolute Gasteiger partial charge is 0.354 e. The van der Waals surface area contributed by atoms with Crippen LogP contribution in [0.2, 0.25) is 0 Å². The number of phenols is 1. The van der Waals surface area contributed by atoms with Gasteiger partial charge in [-0.05, 0) is 48.6 Å². The predicted molar refractivity (Wildman–Crippen MR) is 133 cm³/mol. The van der Waals surface area contributed by atoms with Crippen LogP contribution in [0, 0.1) is 17.0 Å². The first-order valence-electron chi connectivity index (χ1n) is 10.9. The second-order valence-electron chi connectivity index (χ2n) is 8.08. The Bertz CT molecular complexity index is 1440. The number of carboxylic acid groups (broad SMARTS) is 1. The minimum Gasteiger partial charge on any atom is -0.611 e. The van der Waals surface area contributed by atoms with E-state index in [1.165, 1.54) is 36.4 Å². The van der Waals surface area contributed by atoms with Gasteiger partial charge in [0.1, 0.15) is 17.8 Å². The summed E-state index contributed by atoms with van der Waals surface area (Å²) in [6, 6.07) is 7.78. The molecule has 0 saturated heterocycles. The van der Waals surface area contributed by atoms with Crippen molar-refractivity contribution in [3.8, 4) is 28.9 Å². The fourth-order valence-corrected chi connectivity index (χ4v) is 4.41. The fraction of sp³-hybridized carbons (Fsp3) is 0.167. The number of benzene rings is 2. The summed E-state index contributed by atoms with van der Waals surface area (Å²) < 4.78 is 53.5. The van der Waals surface area contributed by atoms with E-state index in [4.69, 9.17) is 25.7 Å². The number of phenolic OH excluding ortho intramolecular Hbond substituents is 1. The van der Waals surface area contributed by atoms with Gasteiger partial charge < -0.3 is 30.0 Å². The maximum Gasteiger partial charge on any atom is 0.354 e. The number of halogens is 2. The predicted octanol–water partition coefficient (Wildman–Crippen LogP) is 3.14. The van der Waals surface area contributed by atoms with Crippen molar-refractivity contribution >= 4 is 29.2 Å². The molecule has 198 valence electrons. The van der Waals surface area contributed by atoms with Crippen LogP contribution in [0.25, 0.3) is 0 Å². The van der Waals surface area contributed by atoms with Gasteiger partial charge in [-0.2, -0.15) is 4.39 Å². The van der Waals surface area contributed by atoms with Gasteiger partial charge in [0.15, 0.2) is 22.2 Å². The van der Waals surface area contributed by atoms with Crippen LogP contribution in [0.15, 0.2) is 52.5 Å². The zero-order valence-electron chi connectivity index (χ0n) is 19.7. The molecule has 4 rings (SSSR count). The van der Waals surface area contributed by atoms with Crippen LogP contribution in [-0.4, -0.2) is 62.0 Å². The number of aliphatic carboxylic acids is 1. The van der Waals surface area contributed by atoms with Gasteiger partial charge in [-0.3, -0.25) is 15.3 Å². The second-order valence-corrected chi connectivity index (χ2v) is 9.53. The largest absolute Gasteiger partial charge is 0.611 e. The van der Waals surface area contributed by atoms with E-state index < -0.39 is 58.1 Å². The number of aromatic hydroxyl groups is 1. The van der Waals surface area contributed by atoms with Crippen LogP contribution in [0.1, 0.15) is 17.3 Å². The number of ether oxygens (including phenoxy) is 2. The van der Waals surface area contributed by atoms with Crippen molar-refractivity contribution in [3.63, 3.8) is 0 Å². The molecule has 3 aromatic rings. The number of nitrogens with zero attached hydrogens (tertiary/aromatic N) is 3. The van der Waals surface area contributed by atoms with E-state index in [-0.39, 0.29) is 27.8 Å². The van der Waals surface area contributed by atoms with Crippen molar-refractivity contribution in [3.05, 3.63) is 65.4 Å². The number of carbonyl (C=O) groups is 1. The quantitative estimate of drug-likeness (QED) is 0.179. The van der Waals surface area contributed by atoms with Crippen molar-refractivity contribution in [1.82, 2.24) is 9.88 Å². The molecule has 0 saturated carbocycles. The number of nitrogens with one attached hydrogen (secondary N) is 1. The Morgan fingerprint density at radius 2 is 2.03 bits per heavy atom. The molecule has 2 heterocycles. The number of carboxylic acids is 1. The SMILES string of the molecule is CN1CC=NC1c1cc([S+]([O-])CC(=O)O)ccc1Oc1c(F)cnc(Oc2cc(C(=N)N)ccc2O)c1F. The average Bonchev–Trinajstić information content (AvgIpc) is 3.29. The van der Waals surface area contributed by atoms with E-state index in [0.717, 1.165) is 0 Å². The van der Waals surface area contributed by atoms with Gasteiger partial charge in [0.25, 0.3) is 5.88 Å². The van der Waals surface area contributed by atoms with Gasteiger partial charge in [-0.25, -0.2) is 14.2 Å². The highest BCUT2D eigenvalue weighted by atomic mass is 32.2. The molecule has 14 heteroatoms. The normalized spacial score (nSPS) is 15.8. The van der Waals surface area contributed by atoms with E-state index >= 15 is 4.39 Å². The number of nitrogen functional groups attached to an aromatic ring is 1. The van der Waals surface area contributed by atoms with Crippen molar-refractivity contribution in [1.29, 1.82) is 5.41 Å². The molecule has 0 radical (unpaired) electrons. The zero-order chi connectivity index (χ0) is 27.6. The molecule has 38 heavy (non-hydrogen) atoms. The Labute approximate surface area is 217 Å². The summed E-state index contributed by atoms with van der Waals surface area (Å²) in [5, 5.41) is 26.6. The summed E-state index contributed by atoms with van der Waals surface area (Å²) in [6.07, 6.45) is 1.63. The van der Waals surface area contributed by atoms with Crippen molar-refractivity contribution in [2.75, 3.05) is 19.3 Å². The third-order valence-corrected chi connectivity index (χ3v) is 6.69. The summed E-state index contributed by atoms with van der Waals surface area (Å²) in [4.78, 5) is 20.9. The molecular weight excluding hydrogens is 524 g/mol. The number of aromatic nitrogens is 1. The number of hydrogen-bond donors (Lipinski definition) is 4. The standard InChI is InChI=1S/C24H21F2N5O6S/c1-31-7-6-29-23(31)14-9-13(38(35)11-19(33)34)3-5-17(14)36-21-15(25)10-30-24(20(21)26)37-18-8-12(22(27)28)2-4-16(18)32/h2-6,8-10,23,32H,7,11H2,1H3,(H3,27,28)(H,33,34). The Hall–Kier alpha value is -4.27. The average molecular weight is 546 g/mol. The summed E-state index contributed by atoms with van der Waals surface area (Å²) in [5.74, 6) is -7.03. The molecule has 1 aliphatic heterocycles. The molecule has 0 amide bonds. The maximum absolute atomic E-state index is 15.4. The van der Waals surface area contributed by atoms with E-state index in [0.29, 0.717) is 18.3 Å². The number of hydrogen-bond acceptors (Lipinski definition) is 9. The minimum atomic E-state index is -1.88. The minimum absolute atomic E-state index is 0.0339. The molecule has 2 unspecified atom stereocenters. The highest BCUT2D eigenvalue weighted by Gasteiger charge is 2.28. The summed E-state index contributed by atoms with van der Waals surface area (Å²) >= 11 is -1.88. The lowest BCUT2D eigenvalue weighted by Crippen LogP contribution is -2.20. The highest BCUT2D eigenvalue weighted by molar-refractivity contribution is 7.92. The lowest BCUT2D eigenvalue weighted by atomic mass is 10.1. The first-order valence-corrected chi connectivity index (χ1v) is 12.2. The maximum atomic E-state index is 15.4. The first-order chi connectivity index (χ1) is 18.0. The molecule has 2 aromatic carbocycles. The van der Waals surface area contributed by atoms with E-state index in [1.807, 2.05) is 0 Å². The van der Waals surface area contributed by atoms with Gasteiger partial charge >= 0.3 is 5.97 Å². The highest BCUT2D eigenvalue weighted by Crippen LogP contribution is 2.40. The van der Waals surface area contributed by atoms with Gasteiger partial charge in [0, 0.05) is 30.0 Å². The molecule has 1 aromatic heterocycles. The molecule has 0 fully saturated rings. The number of nitrogens with two attached hydrogens (primary N) is 1. The second kappa shape index (κ2) is 11.0. The van der Waals surface area contributed by atoms with Gasteiger partial charge in [-0.15, -0.1) is 0 Å². The first kappa shape index (κ1) is 26.8. The van der Waals surface area contributed by atoms with Gasteiger partial charge in [0.2, 0.25) is 17.3 Å². The van der Waals surface area contributed by atoms with Gasteiger partial charge in [-0.1, -0.05) is 0 Å². The topological polar surface area (TPSA) is 177 Å². The van der Waals surface area contributed by atoms with Crippen LogP contribution in [0.4, 0.5) is 8.78 Å². The number of pyridine rings is 1. The van der Waals surface area contributed by atoms with Crippen LogP contribution >= 0.6 is 0 Å². The summed E-state index contributed by atoms with van der Waals surface area (Å²) in [6.45, 7) is 0.464. The van der Waals surface area contributed by atoms with E-state index in [2.05, 4.69) is 9.98 Å². The lowest BCUT2D eigenvalue weighted by molar-refractivity contribution is -0.134.